The van der Waals surface area contributed by atoms with Crippen molar-refractivity contribution >= 4 is 11.8 Å². The van der Waals surface area contributed by atoms with Gasteiger partial charge in [-0.1, -0.05) is 26.0 Å². The van der Waals surface area contributed by atoms with Crippen LogP contribution in [0.25, 0.3) is 0 Å². The van der Waals surface area contributed by atoms with Crippen molar-refractivity contribution in [1.29, 1.82) is 0 Å². The van der Waals surface area contributed by atoms with E-state index in [-0.39, 0.29) is 12.4 Å². The molecule has 0 fully saturated rings. The second-order valence-electron chi connectivity index (χ2n) is 6.12. The number of ketones is 1. The monoisotopic (exact) mass is 313 g/mol. The molecule has 0 aliphatic carbocycles. The van der Waals surface area contributed by atoms with E-state index in [0.29, 0.717) is 17.0 Å². The lowest BCUT2D eigenvalue weighted by Gasteiger charge is -2.07. The molecule has 0 atom stereocenters. The number of hydrogen-bond donors (Lipinski definition) is 0. The lowest BCUT2D eigenvalue weighted by molar-refractivity contribution is 0.0474. The lowest BCUT2D eigenvalue weighted by Crippen LogP contribution is -2.15. The van der Waals surface area contributed by atoms with Crippen LogP contribution >= 0.6 is 0 Å². The molecule has 0 bridgehead atoms. The largest absolute Gasteiger partial charge is 0.454 e. The number of esters is 1. The van der Waals surface area contributed by atoms with Crippen LogP contribution in [0.4, 0.5) is 0 Å². The molecule has 4 heteroatoms. The van der Waals surface area contributed by atoms with E-state index in [0.717, 1.165) is 17.0 Å². The first-order valence-corrected chi connectivity index (χ1v) is 7.74. The number of nitrogens with zero attached hydrogens (tertiary/aromatic N) is 1. The van der Waals surface area contributed by atoms with Gasteiger partial charge in [0.2, 0.25) is 5.78 Å². The summed E-state index contributed by atoms with van der Waals surface area (Å²) in [6.45, 7) is 7.76. The smallest absolute Gasteiger partial charge is 0.338 e. The number of rotatable bonds is 5. The Morgan fingerprint density at radius 3 is 2.22 bits per heavy atom. The van der Waals surface area contributed by atoms with Gasteiger partial charge in [-0.2, -0.15) is 0 Å². The van der Waals surface area contributed by atoms with Crippen molar-refractivity contribution in [1.82, 2.24) is 4.57 Å². The van der Waals surface area contributed by atoms with Crippen LogP contribution in [0.3, 0.4) is 0 Å². The van der Waals surface area contributed by atoms with Gasteiger partial charge in [-0.25, -0.2) is 4.79 Å². The Kier molecular flexibility index (Phi) is 5.04. The van der Waals surface area contributed by atoms with E-state index < -0.39 is 5.97 Å². The molecule has 0 radical (unpaired) electrons. The molecule has 4 nitrogen and oxygen atoms in total. The number of aromatic nitrogens is 1. The van der Waals surface area contributed by atoms with E-state index in [1.807, 2.05) is 43.7 Å². The van der Waals surface area contributed by atoms with E-state index in [1.165, 1.54) is 0 Å². The van der Waals surface area contributed by atoms with Crippen molar-refractivity contribution in [2.24, 2.45) is 7.05 Å². The molecule has 23 heavy (non-hydrogen) atoms. The van der Waals surface area contributed by atoms with Crippen LogP contribution in [0, 0.1) is 13.8 Å². The Morgan fingerprint density at radius 1 is 1.13 bits per heavy atom. The molecule has 0 N–H and O–H groups in total. The third-order valence-corrected chi connectivity index (χ3v) is 4.22. The second kappa shape index (κ2) is 6.82. The molecule has 2 aromatic rings. The normalized spacial score (nSPS) is 10.9. The van der Waals surface area contributed by atoms with Crippen molar-refractivity contribution < 1.29 is 14.3 Å². The molecule has 0 spiro atoms. The summed E-state index contributed by atoms with van der Waals surface area (Å²) in [6, 6.07) is 9.12. The molecule has 1 aromatic carbocycles. The summed E-state index contributed by atoms with van der Waals surface area (Å²) in [6.07, 6.45) is 0. The van der Waals surface area contributed by atoms with Crippen molar-refractivity contribution in [3.8, 4) is 0 Å². The highest BCUT2D eigenvalue weighted by Gasteiger charge is 2.16. The summed E-state index contributed by atoms with van der Waals surface area (Å²) >= 11 is 0. The van der Waals surface area contributed by atoms with E-state index >= 15 is 0 Å². The van der Waals surface area contributed by atoms with Gasteiger partial charge in [-0.15, -0.1) is 0 Å². The third-order valence-electron chi connectivity index (χ3n) is 4.22. The van der Waals surface area contributed by atoms with Gasteiger partial charge in [0, 0.05) is 24.0 Å². The molecule has 0 aliphatic heterocycles. The summed E-state index contributed by atoms with van der Waals surface area (Å²) < 4.78 is 7.10. The van der Waals surface area contributed by atoms with Gasteiger partial charge in [0.15, 0.2) is 6.61 Å². The van der Waals surface area contributed by atoms with Crippen molar-refractivity contribution in [3.05, 3.63) is 58.4 Å². The van der Waals surface area contributed by atoms with Gasteiger partial charge in [-0.3, -0.25) is 4.79 Å². The molecule has 1 aromatic heterocycles. The van der Waals surface area contributed by atoms with Crippen molar-refractivity contribution in [2.75, 3.05) is 6.61 Å². The number of carbonyl (C=O) groups excluding carboxylic acids is 2. The Labute approximate surface area is 137 Å². The molecule has 1 heterocycles. The zero-order valence-corrected chi connectivity index (χ0v) is 14.3. The molecule has 0 unspecified atom stereocenters. The summed E-state index contributed by atoms with van der Waals surface area (Å²) in [5.41, 5.74) is 4.11. The van der Waals surface area contributed by atoms with Crippen LogP contribution < -0.4 is 0 Å². The standard InChI is InChI=1S/C19H23NO3/c1-12(2)15-6-8-16(9-7-15)19(22)23-11-18(21)17-10-13(3)20(5)14(17)4/h6-10,12H,11H2,1-5H3. The maximum absolute atomic E-state index is 12.2. The van der Waals surface area contributed by atoms with Gasteiger partial charge < -0.3 is 9.30 Å². The van der Waals surface area contributed by atoms with Crippen LogP contribution in [0.1, 0.15) is 57.4 Å². The first-order valence-electron chi connectivity index (χ1n) is 7.74. The number of carbonyl (C=O) groups is 2. The number of benzene rings is 1. The maximum Gasteiger partial charge on any atom is 0.338 e. The lowest BCUT2D eigenvalue weighted by atomic mass is 10.0. The van der Waals surface area contributed by atoms with E-state index in [9.17, 15) is 9.59 Å². The molecule has 0 saturated heterocycles. The molecule has 0 aliphatic rings. The molecule has 122 valence electrons. The zero-order chi connectivity index (χ0) is 17.1. The minimum absolute atomic E-state index is 0.182. The first-order chi connectivity index (χ1) is 10.8. The van der Waals surface area contributed by atoms with Crippen LogP contribution in [0.2, 0.25) is 0 Å². The van der Waals surface area contributed by atoms with Crippen molar-refractivity contribution in [2.45, 2.75) is 33.6 Å². The minimum atomic E-state index is -0.473. The van der Waals surface area contributed by atoms with Gasteiger partial charge in [0.05, 0.1) is 5.56 Å². The summed E-state index contributed by atoms with van der Waals surface area (Å²) in [7, 11) is 1.91. The first kappa shape index (κ1) is 17.0. The second-order valence-corrected chi connectivity index (χ2v) is 6.12. The molecule has 0 saturated carbocycles. The van der Waals surface area contributed by atoms with Crippen molar-refractivity contribution in [3.63, 3.8) is 0 Å². The summed E-state index contributed by atoms with van der Waals surface area (Å²) in [5.74, 6) is -0.247. The summed E-state index contributed by atoms with van der Waals surface area (Å²) in [5, 5.41) is 0. The molecular weight excluding hydrogens is 290 g/mol. The third kappa shape index (κ3) is 3.70. The minimum Gasteiger partial charge on any atom is -0.454 e. The number of ether oxygens (including phenoxy) is 1. The van der Waals surface area contributed by atoms with Gasteiger partial charge >= 0.3 is 5.97 Å². The average molecular weight is 313 g/mol. The fourth-order valence-electron chi connectivity index (χ4n) is 2.43. The molecule has 0 amide bonds. The SMILES string of the molecule is Cc1cc(C(=O)COC(=O)c2ccc(C(C)C)cc2)c(C)n1C. The van der Waals surface area contributed by atoms with Crippen LogP contribution in [-0.2, 0) is 11.8 Å². The predicted molar refractivity (Wildman–Crippen MR) is 90.0 cm³/mol. The highest BCUT2D eigenvalue weighted by molar-refractivity contribution is 6.00. The zero-order valence-electron chi connectivity index (χ0n) is 14.3. The van der Waals surface area contributed by atoms with E-state index in [4.69, 9.17) is 4.74 Å². The Hall–Kier alpha value is -2.36. The Balaban J connectivity index is 2.01. The summed E-state index contributed by atoms with van der Waals surface area (Å²) in [4.78, 5) is 24.3. The van der Waals surface area contributed by atoms with E-state index in [2.05, 4.69) is 13.8 Å². The highest BCUT2D eigenvalue weighted by Crippen LogP contribution is 2.16. The van der Waals surface area contributed by atoms with Gasteiger partial charge in [0.1, 0.15) is 0 Å². The van der Waals surface area contributed by atoms with Crippen LogP contribution in [0.5, 0.6) is 0 Å². The fraction of sp³-hybridized carbons (Fsp3) is 0.368. The highest BCUT2D eigenvalue weighted by atomic mass is 16.5. The number of aryl methyl sites for hydroxylation is 1. The number of hydrogen-bond acceptors (Lipinski definition) is 3. The predicted octanol–water partition coefficient (Wildman–Crippen LogP) is 3.81. The fourth-order valence-corrected chi connectivity index (χ4v) is 2.43. The van der Waals surface area contributed by atoms with Crippen LogP contribution in [-0.4, -0.2) is 22.9 Å². The van der Waals surface area contributed by atoms with E-state index in [1.54, 1.807) is 12.1 Å². The Morgan fingerprint density at radius 2 is 1.74 bits per heavy atom. The quantitative estimate of drug-likeness (QED) is 0.623. The maximum atomic E-state index is 12.2. The topological polar surface area (TPSA) is 48.3 Å². The van der Waals surface area contributed by atoms with Gasteiger partial charge in [0.25, 0.3) is 0 Å². The van der Waals surface area contributed by atoms with Crippen LogP contribution in [0.15, 0.2) is 30.3 Å². The molecule has 2 rings (SSSR count). The number of Topliss-reactive ketones (excluding diaryl/α,β-unsaturated/α-hetero) is 1. The average Bonchev–Trinajstić information content (AvgIpc) is 2.80. The molecular formula is C19H23NO3. The van der Waals surface area contributed by atoms with Gasteiger partial charge in [-0.05, 0) is 43.5 Å². The Bertz CT molecular complexity index is 724.